The Morgan fingerprint density at radius 3 is 2.88 bits per heavy atom. The lowest BCUT2D eigenvalue weighted by atomic mass is 10.1. The zero-order valence-electron chi connectivity index (χ0n) is 8.39. The van der Waals surface area contributed by atoms with Crippen LogP contribution in [0, 0.1) is 10.1 Å². The van der Waals surface area contributed by atoms with Crippen molar-refractivity contribution in [2.75, 3.05) is 7.11 Å². The van der Waals surface area contributed by atoms with E-state index in [0.717, 1.165) is 0 Å². The smallest absolute Gasteiger partial charge is 0.340 e. The van der Waals surface area contributed by atoms with Gasteiger partial charge in [-0.15, -0.1) is 0 Å². The Labute approximate surface area is 90.0 Å². The molecule has 1 N–H and O–H groups in total. The van der Waals surface area contributed by atoms with Crippen molar-refractivity contribution in [3.8, 4) is 0 Å². The predicted molar refractivity (Wildman–Crippen MR) is 56.3 cm³/mol. The fourth-order valence-corrected chi connectivity index (χ4v) is 1.53. The number of benzene rings is 1. The lowest BCUT2D eigenvalue weighted by Crippen LogP contribution is -2.03. The second-order valence-corrected chi connectivity index (χ2v) is 3.18. The van der Waals surface area contributed by atoms with Gasteiger partial charge in [-0.2, -0.15) is 0 Å². The van der Waals surface area contributed by atoms with Gasteiger partial charge in [-0.1, -0.05) is 0 Å². The van der Waals surface area contributed by atoms with Gasteiger partial charge in [0.05, 0.1) is 23.1 Å². The van der Waals surface area contributed by atoms with Gasteiger partial charge in [0.1, 0.15) is 0 Å². The van der Waals surface area contributed by atoms with E-state index in [1.165, 1.54) is 19.2 Å². The molecule has 0 bridgehead atoms. The molecule has 6 heteroatoms. The SMILES string of the molecule is COC(=O)c1cc([N+](=O)[O-])cc2cc[nH]c12. The maximum absolute atomic E-state index is 11.4. The molecular weight excluding hydrogens is 212 g/mol. The van der Waals surface area contributed by atoms with Crippen LogP contribution in [0.25, 0.3) is 10.9 Å². The van der Waals surface area contributed by atoms with Crippen molar-refractivity contribution in [2.45, 2.75) is 0 Å². The Morgan fingerprint density at radius 1 is 1.50 bits per heavy atom. The van der Waals surface area contributed by atoms with Gasteiger partial charge >= 0.3 is 5.97 Å². The van der Waals surface area contributed by atoms with E-state index in [-0.39, 0.29) is 11.3 Å². The number of nitrogens with one attached hydrogen (secondary N) is 1. The quantitative estimate of drug-likeness (QED) is 0.475. The second kappa shape index (κ2) is 3.65. The van der Waals surface area contributed by atoms with Crippen molar-refractivity contribution in [2.24, 2.45) is 0 Å². The Morgan fingerprint density at radius 2 is 2.25 bits per heavy atom. The number of esters is 1. The molecule has 2 aromatic rings. The van der Waals surface area contributed by atoms with E-state index in [0.29, 0.717) is 10.9 Å². The number of H-pyrrole nitrogens is 1. The number of rotatable bonds is 2. The minimum Gasteiger partial charge on any atom is -0.465 e. The van der Waals surface area contributed by atoms with Crippen molar-refractivity contribution < 1.29 is 14.5 Å². The molecule has 0 aliphatic rings. The number of carbonyl (C=O) groups excluding carboxylic acids is 1. The first-order valence-electron chi connectivity index (χ1n) is 4.47. The third-order valence-electron chi connectivity index (χ3n) is 2.26. The molecule has 0 fully saturated rings. The number of aromatic amines is 1. The Balaban J connectivity index is 2.73. The van der Waals surface area contributed by atoms with Crippen LogP contribution in [-0.4, -0.2) is 23.0 Å². The normalized spacial score (nSPS) is 10.3. The third-order valence-corrected chi connectivity index (χ3v) is 2.26. The molecule has 6 nitrogen and oxygen atoms in total. The summed E-state index contributed by atoms with van der Waals surface area (Å²) in [4.78, 5) is 24.4. The monoisotopic (exact) mass is 220 g/mol. The fourth-order valence-electron chi connectivity index (χ4n) is 1.53. The van der Waals surface area contributed by atoms with Gasteiger partial charge < -0.3 is 9.72 Å². The van der Waals surface area contributed by atoms with Gasteiger partial charge in [0, 0.05) is 23.7 Å². The molecule has 0 amide bonds. The number of carbonyl (C=O) groups is 1. The summed E-state index contributed by atoms with van der Waals surface area (Å²) in [6.45, 7) is 0. The summed E-state index contributed by atoms with van der Waals surface area (Å²) in [7, 11) is 1.23. The van der Waals surface area contributed by atoms with Crippen LogP contribution in [0.3, 0.4) is 0 Å². The molecule has 1 aromatic heterocycles. The van der Waals surface area contributed by atoms with Crippen LogP contribution in [0.5, 0.6) is 0 Å². The molecular formula is C10H8N2O4. The van der Waals surface area contributed by atoms with Gasteiger partial charge in [0.2, 0.25) is 0 Å². The van der Waals surface area contributed by atoms with Gasteiger partial charge in [0.25, 0.3) is 5.69 Å². The number of ether oxygens (including phenoxy) is 1. The largest absolute Gasteiger partial charge is 0.465 e. The van der Waals surface area contributed by atoms with Crippen LogP contribution < -0.4 is 0 Å². The van der Waals surface area contributed by atoms with Crippen molar-refractivity contribution in [1.29, 1.82) is 0 Å². The molecule has 82 valence electrons. The van der Waals surface area contributed by atoms with Crippen LogP contribution in [-0.2, 0) is 4.74 Å². The van der Waals surface area contributed by atoms with E-state index in [2.05, 4.69) is 9.72 Å². The highest BCUT2D eigenvalue weighted by Crippen LogP contribution is 2.24. The molecule has 0 saturated carbocycles. The summed E-state index contributed by atoms with van der Waals surface area (Å²) in [6, 6.07) is 4.26. The summed E-state index contributed by atoms with van der Waals surface area (Å²) >= 11 is 0. The second-order valence-electron chi connectivity index (χ2n) is 3.18. The van der Waals surface area contributed by atoms with Crippen LogP contribution in [0.2, 0.25) is 0 Å². The van der Waals surface area contributed by atoms with Gasteiger partial charge in [0.15, 0.2) is 0 Å². The number of non-ortho nitro benzene ring substituents is 1. The highest BCUT2D eigenvalue weighted by atomic mass is 16.6. The molecule has 0 unspecified atom stereocenters. The number of hydrogen-bond acceptors (Lipinski definition) is 4. The summed E-state index contributed by atoms with van der Waals surface area (Å²) < 4.78 is 4.57. The van der Waals surface area contributed by atoms with E-state index >= 15 is 0 Å². The molecule has 2 rings (SSSR count). The Kier molecular flexibility index (Phi) is 2.32. The molecule has 0 saturated heterocycles. The third kappa shape index (κ3) is 1.50. The lowest BCUT2D eigenvalue weighted by molar-refractivity contribution is -0.384. The van der Waals surface area contributed by atoms with Crippen LogP contribution in [0.1, 0.15) is 10.4 Å². The number of hydrogen-bond donors (Lipinski definition) is 1. The Bertz CT molecular complexity index is 573. The molecule has 0 aliphatic carbocycles. The number of aromatic nitrogens is 1. The molecule has 0 radical (unpaired) electrons. The van der Waals surface area contributed by atoms with Gasteiger partial charge in [-0.3, -0.25) is 10.1 Å². The van der Waals surface area contributed by atoms with E-state index in [9.17, 15) is 14.9 Å². The minimum absolute atomic E-state index is 0.132. The lowest BCUT2D eigenvalue weighted by Gasteiger charge is -2.01. The standard InChI is InChI=1S/C10H8N2O4/c1-16-10(13)8-5-7(12(14)15)4-6-2-3-11-9(6)8/h2-5,11H,1H3. The van der Waals surface area contributed by atoms with Gasteiger partial charge in [-0.05, 0) is 6.07 Å². The average Bonchev–Trinajstić information content (AvgIpc) is 2.74. The summed E-state index contributed by atoms with van der Waals surface area (Å²) in [5, 5.41) is 11.3. The topological polar surface area (TPSA) is 85.2 Å². The Hall–Kier alpha value is -2.37. The molecule has 0 spiro atoms. The van der Waals surface area contributed by atoms with Crippen LogP contribution in [0.4, 0.5) is 5.69 Å². The van der Waals surface area contributed by atoms with Crippen molar-refractivity contribution >= 4 is 22.6 Å². The number of nitro benzene ring substituents is 1. The maximum atomic E-state index is 11.4. The van der Waals surface area contributed by atoms with Crippen molar-refractivity contribution in [3.63, 3.8) is 0 Å². The zero-order valence-corrected chi connectivity index (χ0v) is 8.39. The molecule has 0 aliphatic heterocycles. The van der Waals surface area contributed by atoms with Crippen LogP contribution in [0.15, 0.2) is 24.4 Å². The van der Waals surface area contributed by atoms with E-state index in [4.69, 9.17) is 0 Å². The van der Waals surface area contributed by atoms with E-state index in [1.54, 1.807) is 12.3 Å². The molecule has 1 aromatic carbocycles. The first-order valence-corrected chi connectivity index (χ1v) is 4.47. The van der Waals surface area contributed by atoms with Crippen LogP contribution >= 0.6 is 0 Å². The van der Waals surface area contributed by atoms with E-state index in [1.807, 2.05) is 0 Å². The highest BCUT2D eigenvalue weighted by Gasteiger charge is 2.17. The highest BCUT2D eigenvalue weighted by molar-refractivity contribution is 6.04. The van der Waals surface area contributed by atoms with E-state index < -0.39 is 10.9 Å². The maximum Gasteiger partial charge on any atom is 0.340 e. The average molecular weight is 220 g/mol. The number of methoxy groups -OCH3 is 1. The molecule has 16 heavy (non-hydrogen) atoms. The first-order chi connectivity index (χ1) is 7.63. The molecule has 1 heterocycles. The van der Waals surface area contributed by atoms with Gasteiger partial charge in [-0.25, -0.2) is 4.79 Å². The number of fused-ring (bicyclic) bond motifs is 1. The first kappa shape index (κ1) is 10.2. The zero-order chi connectivity index (χ0) is 11.7. The minimum atomic E-state index is -0.601. The fraction of sp³-hybridized carbons (Fsp3) is 0.100. The predicted octanol–water partition coefficient (Wildman–Crippen LogP) is 1.86. The summed E-state index contributed by atoms with van der Waals surface area (Å²) in [5.74, 6) is -0.601. The molecule has 0 atom stereocenters. The van der Waals surface area contributed by atoms with Crippen molar-refractivity contribution in [3.05, 3.63) is 40.1 Å². The number of nitro groups is 1. The number of nitrogens with zero attached hydrogens (tertiary/aromatic N) is 1. The summed E-state index contributed by atoms with van der Waals surface area (Å²) in [6.07, 6.45) is 1.61. The summed E-state index contributed by atoms with van der Waals surface area (Å²) in [5.41, 5.74) is 0.571. The van der Waals surface area contributed by atoms with Crippen molar-refractivity contribution in [1.82, 2.24) is 4.98 Å².